The van der Waals surface area contributed by atoms with Gasteiger partial charge < -0.3 is 4.57 Å². The largest absolute Gasteiger partial charge is 0.336 e. The van der Waals surface area contributed by atoms with E-state index in [4.69, 9.17) is 11.6 Å². The molecule has 0 saturated carbocycles. The molecular formula is C10H11ClN4O2S. The topological polar surface area (TPSA) is 76.9 Å². The van der Waals surface area contributed by atoms with E-state index in [1.54, 1.807) is 23.3 Å². The summed E-state index contributed by atoms with van der Waals surface area (Å²) < 4.78 is 28.1. The van der Waals surface area contributed by atoms with Crippen LogP contribution in [0.3, 0.4) is 0 Å². The maximum Gasteiger partial charge on any atom is 0.243 e. The first-order chi connectivity index (χ1) is 8.59. The molecule has 18 heavy (non-hydrogen) atoms. The van der Waals surface area contributed by atoms with Crippen molar-refractivity contribution in [2.45, 2.75) is 11.4 Å². The van der Waals surface area contributed by atoms with E-state index in [0.717, 1.165) is 0 Å². The Balaban J connectivity index is 2.02. The molecule has 0 bridgehead atoms. The molecule has 6 nitrogen and oxygen atoms in total. The molecule has 1 N–H and O–H groups in total. The second-order valence-electron chi connectivity index (χ2n) is 3.49. The number of nitrogens with zero attached hydrogens (tertiary/aromatic N) is 3. The highest BCUT2D eigenvalue weighted by molar-refractivity contribution is 7.89. The van der Waals surface area contributed by atoms with Crippen molar-refractivity contribution in [2.75, 3.05) is 6.54 Å². The first-order valence-corrected chi connectivity index (χ1v) is 7.01. The second-order valence-corrected chi connectivity index (χ2v) is 5.58. The number of sulfonamides is 1. The number of imidazole rings is 1. The van der Waals surface area contributed by atoms with Crippen molar-refractivity contribution in [3.05, 3.63) is 42.2 Å². The first-order valence-electron chi connectivity index (χ1n) is 5.15. The predicted molar refractivity (Wildman–Crippen MR) is 66.7 cm³/mol. The molecule has 0 aliphatic heterocycles. The molecule has 2 heterocycles. The minimum atomic E-state index is -3.62. The molecule has 0 atom stereocenters. The van der Waals surface area contributed by atoms with Crippen LogP contribution >= 0.6 is 11.6 Å². The quantitative estimate of drug-likeness (QED) is 0.829. The van der Waals surface area contributed by atoms with Crippen molar-refractivity contribution in [1.29, 1.82) is 0 Å². The maximum atomic E-state index is 11.9. The number of hydrogen-bond donors (Lipinski definition) is 1. The van der Waals surface area contributed by atoms with Crippen LogP contribution in [0.4, 0.5) is 0 Å². The molecule has 0 spiro atoms. The van der Waals surface area contributed by atoms with E-state index in [1.807, 2.05) is 0 Å². The predicted octanol–water partition coefficient (Wildman–Crippen LogP) is 0.910. The van der Waals surface area contributed by atoms with Crippen molar-refractivity contribution >= 4 is 21.6 Å². The number of hydrogen-bond acceptors (Lipinski definition) is 4. The Morgan fingerprint density at radius 2 is 2.22 bits per heavy atom. The second kappa shape index (κ2) is 5.47. The van der Waals surface area contributed by atoms with Crippen LogP contribution in [-0.4, -0.2) is 29.5 Å². The lowest BCUT2D eigenvalue weighted by atomic mass is 10.5. The number of halogens is 1. The van der Waals surface area contributed by atoms with Crippen LogP contribution < -0.4 is 4.72 Å². The van der Waals surface area contributed by atoms with Crippen LogP contribution in [0.25, 0.3) is 0 Å². The Morgan fingerprint density at radius 3 is 2.89 bits per heavy atom. The van der Waals surface area contributed by atoms with Gasteiger partial charge in [0.1, 0.15) is 10.0 Å². The van der Waals surface area contributed by atoms with Gasteiger partial charge in [-0.05, 0) is 12.1 Å². The molecule has 2 aromatic rings. The van der Waals surface area contributed by atoms with E-state index in [2.05, 4.69) is 14.7 Å². The Morgan fingerprint density at radius 1 is 1.39 bits per heavy atom. The molecule has 0 radical (unpaired) electrons. The maximum absolute atomic E-state index is 11.9. The normalized spacial score (nSPS) is 11.6. The Hall–Kier alpha value is -1.44. The Bertz CT molecular complexity index is 613. The number of pyridine rings is 1. The van der Waals surface area contributed by atoms with Gasteiger partial charge in [-0.3, -0.25) is 0 Å². The van der Waals surface area contributed by atoms with Crippen LogP contribution in [0, 0.1) is 0 Å². The molecule has 0 aromatic carbocycles. The van der Waals surface area contributed by atoms with E-state index in [-0.39, 0.29) is 16.6 Å². The zero-order valence-corrected chi connectivity index (χ0v) is 10.9. The summed E-state index contributed by atoms with van der Waals surface area (Å²) in [6.45, 7) is 0.751. The van der Waals surface area contributed by atoms with Crippen molar-refractivity contribution in [3.63, 3.8) is 0 Å². The summed E-state index contributed by atoms with van der Waals surface area (Å²) in [6.07, 6.45) is 6.44. The van der Waals surface area contributed by atoms with Gasteiger partial charge in [0.2, 0.25) is 10.0 Å². The fourth-order valence-electron chi connectivity index (χ4n) is 1.38. The van der Waals surface area contributed by atoms with Gasteiger partial charge in [0.05, 0.1) is 6.33 Å². The van der Waals surface area contributed by atoms with E-state index in [9.17, 15) is 8.42 Å². The molecule has 2 rings (SSSR count). The van der Waals surface area contributed by atoms with Gasteiger partial charge in [-0.1, -0.05) is 11.6 Å². The van der Waals surface area contributed by atoms with Gasteiger partial charge in [0.15, 0.2) is 0 Å². The number of nitrogens with one attached hydrogen (secondary N) is 1. The van der Waals surface area contributed by atoms with Crippen molar-refractivity contribution < 1.29 is 8.42 Å². The van der Waals surface area contributed by atoms with Crippen LogP contribution in [0.5, 0.6) is 0 Å². The van der Waals surface area contributed by atoms with Crippen molar-refractivity contribution in [1.82, 2.24) is 19.3 Å². The third kappa shape index (κ3) is 3.06. The van der Waals surface area contributed by atoms with Crippen LogP contribution in [0.1, 0.15) is 0 Å². The Labute approximate surface area is 110 Å². The van der Waals surface area contributed by atoms with Crippen LogP contribution in [0.2, 0.25) is 5.15 Å². The average molecular weight is 287 g/mol. The molecule has 8 heteroatoms. The van der Waals surface area contributed by atoms with E-state index < -0.39 is 10.0 Å². The van der Waals surface area contributed by atoms with E-state index in [0.29, 0.717) is 6.54 Å². The fraction of sp³-hybridized carbons (Fsp3) is 0.200. The minimum Gasteiger partial charge on any atom is -0.336 e. The lowest BCUT2D eigenvalue weighted by Crippen LogP contribution is -2.27. The first kappa shape index (κ1) is 13.0. The molecule has 0 unspecified atom stereocenters. The highest BCUT2D eigenvalue weighted by Crippen LogP contribution is 2.17. The Kier molecular flexibility index (Phi) is 3.95. The number of aromatic nitrogens is 3. The SMILES string of the molecule is O=S(=O)(NCCn1ccnc1)c1cccnc1Cl. The molecule has 0 fully saturated rings. The smallest absolute Gasteiger partial charge is 0.243 e. The van der Waals surface area contributed by atoms with Crippen molar-refractivity contribution in [3.8, 4) is 0 Å². The average Bonchev–Trinajstić information content (AvgIpc) is 2.82. The van der Waals surface area contributed by atoms with Crippen molar-refractivity contribution in [2.24, 2.45) is 0 Å². The molecule has 0 aliphatic rings. The summed E-state index contributed by atoms with van der Waals surface area (Å²) in [6, 6.07) is 2.94. The highest BCUT2D eigenvalue weighted by Gasteiger charge is 2.17. The fourth-order valence-corrected chi connectivity index (χ4v) is 2.85. The zero-order chi connectivity index (χ0) is 13.0. The standard InChI is InChI=1S/C10H11ClN4O2S/c11-10-9(2-1-3-13-10)18(16,17)14-5-7-15-6-4-12-8-15/h1-4,6,8,14H,5,7H2. The van der Waals surface area contributed by atoms with E-state index >= 15 is 0 Å². The molecule has 0 saturated heterocycles. The van der Waals surface area contributed by atoms with Crippen LogP contribution in [0.15, 0.2) is 41.9 Å². The molecule has 0 aliphatic carbocycles. The van der Waals surface area contributed by atoms with E-state index in [1.165, 1.54) is 18.3 Å². The summed E-state index contributed by atoms with van der Waals surface area (Å²) in [5, 5.41) is -0.0346. The summed E-state index contributed by atoms with van der Waals surface area (Å²) in [5.41, 5.74) is 0. The summed E-state index contributed by atoms with van der Waals surface area (Å²) in [4.78, 5) is 7.58. The number of rotatable bonds is 5. The summed E-state index contributed by atoms with van der Waals surface area (Å²) >= 11 is 5.74. The van der Waals surface area contributed by atoms with Gasteiger partial charge >= 0.3 is 0 Å². The van der Waals surface area contributed by atoms with Crippen LogP contribution in [-0.2, 0) is 16.6 Å². The van der Waals surface area contributed by atoms with Gasteiger partial charge in [0.25, 0.3) is 0 Å². The van der Waals surface area contributed by atoms with Gasteiger partial charge in [-0.25, -0.2) is 23.1 Å². The van der Waals surface area contributed by atoms with Gasteiger partial charge in [-0.15, -0.1) is 0 Å². The molecule has 0 amide bonds. The van der Waals surface area contributed by atoms with Gasteiger partial charge in [0, 0.05) is 31.7 Å². The summed E-state index contributed by atoms with van der Waals surface area (Å²) in [7, 11) is -3.62. The summed E-state index contributed by atoms with van der Waals surface area (Å²) in [5.74, 6) is 0. The zero-order valence-electron chi connectivity index (χ0n) is 9.32. The molecule has 2 aromatic heterocycles. The molecule has 96 valence electrons. The third-order valence-electron chi connectivity index (χ3n) is 2.24. The minimum absolute atomic E-state index is 0.0164. The van der Waals surface area contributed by atoms with Gasteiger partial charge in [-0.2, -0.15) is 0 Å². The lowest BCUT2D eigenvalue weighted by Gasteiger charge is -2.07. The molecular weight excluding hydrogens is 276 g/mol. The lowest BCUT2D eigenvalue weighted by molar-refractivity contribution is 0.572. The monoisotopic (exact) mass is 286 g/mol. The third-order valence-corrected chi connectivity index (χ3v) is 4.14. The highest BCUT2D eigenvalue weighted by atomic mass is 35.5.